The molecule has 3 rings (SSSR count). The number of benzene rings is 2. The molecule has 0 amide bonds. The van der Waals surface area contributed by atoms with Crippen LogP contribution in [-0.2, 0) is 16.4 Å². The van der Waals surface area contributed by atoms with Crippen molar-refractivity contribution in [1.29, 1.82) is 0 Å². The van der Waals surface area contributed by atoms with Gasteiger partial charge in [0, 0.05) is 6.04 Å². The summed E-state index contributed by atoms with van der Waals surface area (Å²) in [5.74, 6) is 0.357. The van der Waals surface area contributed by atoms with Crippen LogP contribution in [0, 0.1) is 12.7 Å². The van der Waals surface area contributed by atoms with Crippen LogP contribution in [0.3, 0.4) is 0 Å². The predicted octanol–water partition coefficient (Wildman–Crippen LogP) is 3.50. The topological polar surface area (TPSA) is 55.4 Å². The van der Waals surface area contributed by atoms with E-state index in [1.54, 1.807) is 14.0 Å². The van der Waals surface area contributed by atoms with E-state index >= 15 is 0 Å². The molecule has 0 spiro atoms. The first kappa shape index (κ1) is 16.9. The zero-order valence-corrected chi connectivity index (χ0v) is 14.5. The molecule has 0 radical (unpaired) electrons. The Hall–Kier alpha value is -1.92. The van der Waals surface area contributed by atoms with Gasteiger partial charge in [0.1, 0.15) is 11.6 Å². The number of hydrogen-bond acceptors (Lipinski definition) is 3. The number of nitrogens with one attached hydrogen (secondary N) is 1. The van der Waals surface area contributed by atoms with Gasteiger partial charge in [0.05, 0.1) is 12.0 Å². The number of halogens is 1. The van der Waals surface area contributed by atoms with Crippen molar-refractivity contribution in [3.05, 3.63) is 58.9 Å². The summed E-state index contributed by atoms with van der Waals surface area (Å²) in [4.78, 5) is 0.0852. The smallest absolute Gasteiger partial charge is 0.241 e. The van der Waals surface area contributed by atoms with Crippen LogP contribution in [-0.4, -0.2) is 15.5 Å². The highest BCUT2D eigenvalue weighted by Crippen LogP contribution is 2.33. The van der Waals surface area contributed by atoms with Crippen molar-refractivity contribution in [2.24, 2.45) is 0 Å². The Morgan fingerprint density at radius 1 is 1.21 bits per heavy atom. The molecule has 0 bridgehead atoms. The molecule has 128 valence electrons. The average molecular weight is 349 g/mol. The van der Waals surface area contributed by atoms with Gasteiger partial charge >= 0.3 is 0 Å². The van der Waals surface area contributed by atoms with E-state index in [0.29, 0.717) is 5.56 Å². The van der Waals surface area contributed by atoms with Gasteiger partial charge in [-0.25, -0.2) is 17.5 Å². The average Bonchev–Trinajstić information content (AvgIpc) is 2.56. The Morgan fingerprint density at radius 3 is 2.71 bits per heavy atom. The molecule has 0 saturated carbocycles. The normalized spacial score (nSPS) is 17.4. The number of hydrogen-bond donors (Lipinski definition) is 1. The largest absolute Gasteiger partial charge is 0.497 e. The lowest BCUT2D eigenvalue weighted by Crippen LogP contribution is -2.31. The molecule has 0 fully saturated rings. The van der Waals surface area contributed by atoms with Crippen molar-refractivity contribution in [1.82, 2.24) is 4.72 Å². The van der Waals surface area contributed by atoms with Crippen LogP contribution in [0.1, 0.15) is 35.6 Å². The third-order valence-electron chi connectivity index (χ3n) is 4.40. The monoisotopic (exact) mass is 349 g/mol. The number of ether oxygens (including phenoxy) is 1. The number of aryl methyl sites for hydroxylation is 2. The Bertz CT molecular complexity index is 865. The minimum atomic E-state index is -3.71. The Balaban J connectivity index is 1.90. The first-order valence-corrected chi connectivity index (χ1v) is 9.34. The molecule has 0 heterocycles. The predicted molar refractivity (Wildman–Crippen MR) is 90.1 cm³/mol. The van der Waals surface area contributed by atoms with Crippen LogP contribution in [0.4, 0.5) is 4.39 Å². The van der Waals surface area contributed by atoms with Crippen molar-refractivity contribution >= 4 is 10.0 Å². The molecule has 0 aliphatic heterocycles. The van der Waals surface area contributed by atoms with Crippen molar-refractivity contribution in [3.63, 3.8) is 0 Å². The van der Waals surface area contributed by atoms with Crippen molar-refractivity contribution < 1.29 is 17.5 Å². The van der Waals surface area contributed by atoms with Gasteiger partial charge in [0.2, 0.25) is 10.0 Å². The van der Waals surface area contributed by atoms with E-state index in [1.165, 1.54) is 18.2 Å². The Kier molecular flexibility index (Phi) is 4.60. The van der Waals surface area contributed by atoms with Gasteiger partial charge in [-0.1, -0.05) is 6.07 Å². The molecule has 1 N–H and O–H groups in total. The second-order valence-corrected chi connectivity index (χ2v) is 7.76. The minimum Gasteiger partial charge on any atom is -0.497 e. The van der Waals surface area contributed by atoms with E-state index in [0.717, 1.165) is 36.1 Å². The van der Waals surface area contributed by atoms with Gasteiger partial charge in [0.25, 0.3) is 0 Å². The maximum Gasteiger partial charge on any atom is 0.241 e. The SMILES string of the molecule is COc1ccc2c(c1)CCCC2NS(=O)(=O)c1ccc(F)c(C)c1. The molecule has 2 aromatic rings. The lowest BCUT2D eigenvalue weighted by atomic mass is 9.88. The molecular weight excluding hydrogens is 329 g/mol. The number of sulfonamides is 1. The molecule has 1 unspecified atom stereocenters. The molecule has 0 aromatic heterocycles. The highest BCUT2D eigenvalue weighted by molar-refractivity contribution is 7.89. The summed E-state index contributed by atoms with van der Waals surface area (Å²) in [5.41, 5.74) is 2.39. The van der Waals surface area contributed by atoms with Crippen LogP contribution in [0.2, 0.25) is 0 Å². The quantitative estimate of drug-likeness (QED) is 0.919. The molecule has 6 heteroatoms. The molecule has 1 atom stereocenters. The van der Waals surface area contributed by atoms with E-state index in [9.17, 15) is 12.8 Å². The third-order valence-corrected chi connectivity index (χ3v) is 5.87. The van der Waals surface area contributed by atoms with Crippen LogP contribution in [0.15, 0.2) is 41.3 Å². The third kappa shape index (κ3) is 3.30. The van der Waals surface area contributed by atoms with Gasteiger partial charge < -0.3 is 4.74 Å². The number of fused-ring (bicyclic) bond motifs is 1. The highest BCUT2D eigenvalue weighted by Gasteiger charge is 2.26. The van der Waals surface area contributed by atoms with Crippen LogP contribution < -0.4 is 9.46 Å². The zero-order valence-electron chi connectivity index (χ0n) is 13.7. The van der Waals surface area contributed by atoms with Crippen molar-refractivity contribution in [3.8, 4) is 5.75 Å². The fourth-order valence-corrected chi connectivity index (χ4v) is 4.41. The lowest BCUT2D eigenvalue weighted by molar-refractivity contribution is 0.412. The summed E-state index contributed by atoms with van der Waals surface area (Å²) in [6.45, 7) is 1.55. The minimum absolute atomic E-state index is 0.0852. The fourth-order valence-electron chi connectivity index (χ4n) is 3.08. The van der Waals surface area contributed by atoms with Gasteiger partial charge in [-0.2, -0.15) is 0 Å². The van der Waals surface area contributed by atoms with E-state index in [-0.39, 0.29) is 10.9 Å². The number of rotatable bonds is 4. The Morgan fingerprint density at radius 2 is 2.00 bits per heavy atom. The van der Waals surface area contributed by atoms with E-state index in [2.05, 4.69) is 4.72 Å². The molecule has 2 aromatic carbocycles. The summed E-state index contributed by atoms with van der Waals surface area (Å²) in [6.07, 6.45) is 2.54. The standard InChI is InChI=1S/C18H20FNO3S/c1-12-10-15(7-9-17(12)19)24(21,22)20-18-5-3-4-13-11-14(23-2)6-8-16(13)18/h6-11,18,20H,3-5H2,1-2H3. The summed E-state index contributed by atoms with van der Waals surface area (Å²) in [6, 6.07) is 9.26. The van der Waals surface area contributed by atoms with Crippen LogP contribution in [0.5, 0.6) is 5.75 Å². The van der Waals surface area contributed by atoms with E-state index in [4.69, 9.17) is 4.74 Å². The van der Waals surface area contributed by atoms with Gasteiger partial charge in [-0.3, -0.25) is 0 Å². The first-order chi connectivity index (χ1) is 11.4. The van der Waals surface area contributed by atoms with E-state index < -0.39 is 15.8 Å². The zero-order chi connectivity index (χ0) is 17.3. The molecule has 1 aliphatic rings. The van der Waals surface area contributed by atoms with Gasteiger partial charge in [-0.05, 0) is 73.2 Å². The van der Waals surface area contributed by atoms with Crippen molar-refractivity contribution in [2.75, 3.05) is 7.11 Å². The van der Waals surface area contributed by atoms with Crippen molar-refractivity contribution in [2.45, 2.75) is 37.1 Å². The lowest BCUT2D eigenvalue weighted by Gasteiger charge is -2.26. The molecule has 24 heavy (non-hydrogen) atoms. The second-order valence-electron chi connectivity index (χ2n) is 6.04. The van der Waals surface area contributed by atoms with Gasteiger partial charge in [0.15, 0.2) is 0 Å². The molecule has 1 aliphatic carbocycles. The molecule has 4 nitrogen and oxygen atoms in total. The maximum atomic E-state index is 13.4. The summed E-state index contributed by atoms with van der Waals surface area (Å²) in [7, 11) is -2.09. The van der Waals surface area contributed by atoms with E-state index in [1.807, 2.05) is 18.2 Å². The second kappa shape index (κ2) is 6.53. The highest BCUT2D eigenvalue weighted by atomic mass is 32.2. The Labute approximate surface area is 141 Å². The molecular formula is C18H20FNO3S. The van der Waals surface area contributed by atoms with Crippen LogP contribution in [0.25, 0.3) is 0 Å². The summed E-state index contributed by atoms with van der Waals surface area (Å²) < 4.78 is 46.7. The fraction of sp³-hybridized carbons (Fsp3) is 0.333. The first-order valence-electron chi connectivity index (χ1n) is 7.86. The summed E-state index contributed by atoms with van der Waals surface area (Å²) in [5, 5.41) is 0. The van der Waals surface area contributed by atoms with Gasteiger partial charge in [-0.15, -0.1) is 0 Å². The van der Waals surface area contributed by atoms with Crippen LogP contribution >= 0.6 is 0 Å². The maximum absolute atomic E-state index is 13.4. The molecule has 0 saturated heterocycles. The number of methoxy groups -OCH3 is 1. The summed E-state index contributed by atoms with van der Waals surface area (Å²) >= 11 is 0.